The summed E-state index contributed by atoms with van der Waals surface area (Å²) in [6.07, 6.45) is 4.11. The number of carbonyl (C=O) groups excluding carboxylic acids is 1. The van der Waals surface area contributed by atoms with Crippen LogP contribution in [0.25, 0.3) is 0 Å². The van der Waals surface area contributed by atoms with Crippen molar-refractivity contribution in [3.05, 3.63) is 29.8 Å². The molecule has 1 aliphatic rings. The monoisotopic (exact) mass is 382 g/mol. The van der Waals surface area contributed by atoms with Crippen molar-refractivity contribution in [2.45, 2.75) is 68.8 Å². The summed E-state index contributed by atoms with van der Waals surface area (Å²) in [6, 6.07) is 5.35. The first-order valence-corrected chi connectivity index (χ1v) is 10.3. The molecule has 0 unspecified atom stereocenters. The van der Waals surface area contributed by atoms with Gasteiger partial charge in [-0.3, -0.25) is 4.79 Å². The molecule has 26 heavy (non-hydrogen) atoms. The second-order valence-electron chi connectivity index (χ2n) is 7.06. The van der Waals surface area contributed by atoms with Gasteiger partial charge in [0.05, 0.1) is 4.90 Å². The molecular weight excluding hydrogens is 356 g/mol. The van der Waals surface area contributed by atoms with E-state index in [0.29, 0.717) is 12.8 Å². The third-order valence-corrected chi connectivity index (χ3v) is 6.17. The maximum absolute atomic E-state index is 12.6. The SMILES string of the molecule is CC(C)NS(=O)(=O)c1cccc(C(=O)NC2(C(=O)O)CCCCCC2)c1. The summed E-state index contributed by atoms with van der Waals surface area (Å²) in [6.45, 7) is 3.41. The van der Waals surface area contributed by atoms with Gasteiger partial charge in [-0.15, -0.1) is 0 Å². The Balaban J connectivity index is 2.26. The van der Waals surface area contributed by atoms with Crippen LogP contribution in [0, 0.1) is 0 Å². The predicted octanol–water partition coefficient (Wildman–Crippen LogP) is 2.28. The summed E-state index contributed by atoms with van der Waals surface area (Å²) in [7, 11) is -3.73. The first-order valence-electron chi connectivity index (χ1n) is 8.85. The largest absolute Gasteiger partial charge is 0.480 e. The van der Waals surface area contributed by atoms with E-state index in [1.54, 1.807) is 13.8 Å². The summed E-state index contributed by atoms with van der Waals surface area (Å²) in [5.41, 5.74) is -1.17. The third-order valence-electron chi connectivity index (χ3n) is 4.52. The number of amides is 1. The average molecular weight is 382 g/mol. The molecule has 0 aliphatic heterocycles. The van der Waals surface area contributed by atoms with Crippen molar-refractivity contribution in [1.29, 1.82) is 0 Å². The molecule has 1 amide bonds. The number of carboxylic acid groups (broad SMARTS) is 1. The Bertz CT molecular complexity index is 766. The van der Waals surface area contributed by atoms with E-state index >= 15 is 0 Å². The fourth-order valence-electron chi connectivity index (χ4n) is 3.20. The number of hydrogen-bond acceptors (Lipinski definition) is 4. The van der Waals surface area contributed by atoms with Crippen LogP contribution in [-0.4, -0.2) is 37.0 Å². The molecule has 0 aromatic heterocycles. The van der Waals surface area contributed by atoms with Crippen LogP contribution in [-0.2, 0) is 14.8 Å². The number of aliphatic carboxylic acids is 1. The molecule has 0 heterocycles. The summed E-state index contributed by atoms with van der Waals surface area (Å²) >= 11 is 0. The Kier molecular flexibility index (Phi) is 6.41. The molecule has 0 spiro atoms. The van der Waals surface area contributed by atoms with Crippen molar-refractivity contribution in [2.75, 3.05) is 0 Å². The van der Waals surface area contributed by atoms with E-state index < -0.39 is 27.4 Å². The number of carboxylic acids is 1. The van der Waals surface area contributed by atoms with Gasteiger partial charge in [-0.2, -0.15) is 0 Å². The minimum absolute atomic E-state index is 0.0240. The van der Waals surface area contributed by atoms with Gasteiger partial charge in [0.2, 0.25) is 10.0 Å². The van der Waals surface area contributed by atoms with Crippen LogP contribution in [0.3, 0.4) is 0 Å². The number of benzene rings is 1. The summed E-state index contributed by atoms with van der Waals surface area (Å²) in [5.74, 6) is -1.62. The van der Waals surface area contributed by atoms with Gasteiger partial charge in [-0.25, -0.2) is 17.9 Å². The highest BCUT2D eigenvalue weighted by Crippen LogP contribution is 2.28. The van der Waals surface area contributed by atoms with Gasteiger partial charge in [-0.05, 0) is 44.9 Å². The second-order valence-corrected chi connectivity index (χ2v) is 8.77. The van der Waals surface area contributed by atoms with Crippen LogP contribution in [0.2, 0.25) is 0 Å². The molecule has 0 saturated heterocycles. The molecule has 3 N–H and O–H groups in total. The topological polar surface area (TPSA) is 113 Å². The number of sulfonamides is 1. The quantitative estimate of drug-likeness (QED) is 0.654. The molecule has 2 rings (SSSR count). The molecule has 0 atom stereocenters. The van der Waals surface area contributed by atoms with Gasteiger partial charge in [0.15, 0.2) is 0 Å². The van der Waals surface area contributed by atoms with E-state index in [-0.39, 0.29) is 16.5 Å². The molecule has 1 saturated carbocycles. The van der Waals surface area contributed by atoms with E-state index in [2.05, 4.69) is 10.0 Å². The standard InChI is InChI=1S/C18H26N2O5S/c1-13(2)20-26(24,25)15-9-7-8-14(12-15)16(21)19-18(17(22)23)10-5-3-4-6-11-18/h7-9,12-13,20H,3-6,10-11H2,1-2H3,(H,19,21)(H,22,23). The molecule has 0 bridgehead atoms. The summed E-state index contributed by atoms with van der Waals surface area (Å²) < 4.78 is 27.0. The van der Waals surface area contributed by atoms with E-state index in [4.69, 9.17) is 0 Å². The predicted molar refractivity (Wildman–Crippen MR) is 97.4 cm³/mol. The average Bonchev–Trinajstić information content (AvgIpc) is 2.80. The van der Waals surface area contributed by atoms with Crippen LogP contribution < -0.4 is 10.0 Å². The minimum atomic E-state index is -3.73. The summed E-state index contributed by atoms with van der Waals surface area (Å²) in [4.78, 5) is 24.4. The highest BCUT2D eigenvalue weighted by molar-refractivity contribution is 7.89. The summed E-state index contributed by atoms with van der Waals surface area (Å²) in [5, 5.41) is 12.3. The number of rotatable bonds is 6. The first-order chi connectivity index (χ1) is 12.2. The van der Waals surface area contributed by atoms with Gasteiger partial charge in [0, 0.05) is 11.6 Å². The van der Waals surface area contributed by atoms with Crippen LogP contribution in [0.5, 0.6) is 0 Å². The van der Waals surface area contributed by atoms with Crippen LogP contribution in [0.1, 0.15) is 62.7 Å². The normalized spacial score (nSPS) is 17.5. The van der Waals surface area contributed by atoms with Gasteiger partial charge in [0.25, 0.3) is 5.91 Å². The zero-order valence-electron chi connectivity index (χ0n) is 15.1. The lowest BCUT2D eigenvalue weighted by molar-refractivity contribution is -0.145. The Morgan fingerprint density at radius 2 is 1.73 bits per heavy atom. The molecule has 8 heteroatoms. The maximum atomic E-state index is 12.6. The molecule has 1 aliphatic carbocycles. The van der Waals surface area contributed by atoms with Gasteiger partial charge < -0.3 is 10.4 Å². The van der Waals surface area contributed by atoms with Crippen LogP contribution >= 0.6 is 0 Å². The number of hydrogen-bond donors (Lipinski definition) is 3. The van der Waals surface area contributed by atoms with Crippen molar-refractivity contribution in [3.63, 3.8) is 0 Å². The van der Waals surface area contributed by atoms with Gasteiger partial charge >= 0.3 is 5.97 Å². The molecule has 1 fully saturated rings. The minimum Gasteiger partial charge on any atom is -0.480 e. The van der Waals surface area contributed by atoms with Crippen LogP contribution in [0.15, 0.2) is 29.2 Å². The molecular formula is C18H26N2O5S. The smallest absolute Gasteiger partial charge is 0.329 e. The molecule has 7 nitrogen and oxygen atoms in total. The molecule has 144 valence electrons. The van der Waals surface area contributed by atoms with Crippen molar-refractivity contribution in [3.8, 4) is 0 Å². The van der Waals surface area contributed by atoms with E-state index in [9.17, 15) is 23.1 Å². The molecule has 0 radical (unpaired) electrons. The number of nitrogens with one attached hydrogen (secondary N) is 2. The maximum Gasteiger partial charge on any atom is 0.329 e. The Morgan fingerprint density at radius 3 is 2.27 bits per heavy atom. The number of carbonyl (C=O) groups is 2. The first kappa shape index (κ1) is 20.4. The second kappa shape index (κ2) is 8.18. The highest BCUT2D eigenvalue weighted by Gasteiger charge is 2.40. The van der Waals surface area contributed by atoms with Crippen molar-refractivity contribution in [1.82, 2.24) is 10.0 Å². The van der Waals surface area contributed by atoms with E-state index in [1.165, 1.54) is 24.3 Å². The molecule has 1 aromatic carbocycles. The zero-order chi connectivity index (χ0) is 19.4. The zero-order valence-corrected chi connectivity index (χ0v) is 15.9. The van der Waals surface area contributed by atoms with E-state index in [0.717, 1.165) is 25.7 Å². The van der Waals surface area contributed by atoms with E-state index in [1.807, 2.05) is 0 Å². The lowest BCUT2D eigenvalue weighted by Crippen LogP contribution is -2.54. The Morgan fingerprint density at radius 1 is 1.12 bits per heavy atom. The van der Waals surface area contributed by atoms with Gasteiger partial charge in [-0.1, -0.05) is 31.7 Å². The van der Waals surface area contributed by atoms with Gasteiger partial charge in [0.1, 0.15) is 5.54 Å². The highest BCUT2D eigenvalue weighted by atomic mass is 32.2. The fourth-order valence-corrected chi connectivity index (χ4v) is 4.49. The van der Waals surface area contributed by atoms with Crippen molar-refractivity contribution < 1.29 is 23.1 Å². The lowest BCUT2D eigenvalue weighted by Gasteiger charge is -2.29. The van der Waals surface area contributed by atoms with Crippen molar-refractivity contribution in [2.24, 2.45) is 0 Å². The fraction of sp³-hybridized carbons (Fsp3) is 0.556. The third kappa shape index (κ3) is 4.82. The van der Waals surface area contributed by atoms with Crippen molar-refractivity contribution >= 4 is 21.9 Å². The Hall–Kier alpha value is -1.93. The van der Waals surface area contributed by atoms with Crippen LogP contribution in [0.4, 0.5) is 0 Å². The Labute approximate surface area is 154 Å². The lowest BCUT2D eigenvalue weighted by atomic mass is 9.90. The molecule has 1 aromatic rings.